The van der Waals surface area contributed by atoms with E-state index in [4.69, 9.17) is 79.1 Å². The molecule has 0 saturated carbocycles. The highest BCUT2D eigenvalue weighted by Gasteiger charge is 2.37. The second-order valence-corrected chi connectivity index (χ2v) is 9.13. The predicted octanol–water partition coefficient (Wildman–Crippen LogP) is 4.80. The van der Waals surface area contributed by atoms with Gasteiger partial charge in [-0.15, -0.1) is 0 Å². The summed E-state index contributed by atoms with van der Waals surface area (Å²) < 4.78 is 7.04. The molecule has 0 aliphatic carbocycles. The molecule has 0 spiro atoms. The van der Waals surface area contributed by atoms with Gasteiger partial charge in [0.25, 0.3) is 0 Å². The van der Waals surface area contributed by atoms with Crippen molar-refractivity contribution in [3.05, 3.63) is 36.1 Å². The Labute approximate surface area is 168 Å². The van der Waals surface area contributed by atoms with Crippen molar-refractivity contribution in [2.75, 3.05) is 7.11 Å². The van der Waals surface area contributed by atoms with Crippen molar-refractivity contribution in [2.24, 2.45) is 9.98 Å². The van der Waals surface area contributed by atoms with Crippen molar-refractivity contribution in [2.45, 2.75) is 20.1 Å². The van der Waals surface area contributed by atoms with Gasteiger partial charge in [0.15, 0.2) is 23.6 Å². The molecule has 0 saturated heterocycles. The van der Waals surface area contributed by atoms with Crippen LogP contribution in [0.25, 0.3) is 0 Å². The summed E-state index contributed by atoms with van der Waals surface area (Å²) in [6.45, 7) is 0. The number of nitrogens with zero attached hydrogens (tertiary/aromatic N) is 2. The van der Waals surface area contributed by atoms with Crippen LogP contribution in [0.2, 0.25) is 0 Å². The Balaban J connectivity index is 2.26. The Hall–Kier alpha value is -0.300. The van der Waals surface area contributed by atoms with Crippen molar-refractivity contribution in [3.8, 4) is 0 Å². The molecule has 5 nitrogen and oxygen atoms in total. The van der Waals surface area contributed by atoms with Crippen LogP contribution in [0.15, 0.2) is 46.1 Å². The van der Waals surface area contributed by atoms with Gasteiger partial charge in [-0.25, -0.2) is 9.98 Å². The van der Waals surface area contributed by atoms with Crippen molar-refractivity contribution in [1.82, 2.24) is 5.32 Å². The molecule has 1 N–H and O–H groups in total. The van der Waals surface area contributed by atoms with E-state index in [9.17, 15) is 0 Å². The fourth-order valence-electron chi connectivity index (χ4n) is 1.81. The van der Waals surface area contributed by atoms with Crippen molar-refractivity contribution in [3.63, 3.8) is 0 Å². The van der Waals surface area contributed by atoms with Crippen LogP contribution in [0.5, 0.6) is 0 Å². The molecule has 2 aliphatic heterocycles. The van der Waals surface area contributed by atoms with Crippen molar-refractivity contribution < 1.29 is 9.47 Å². The molecule has 0 aromatic rings. The van der Waals surface area contributed by atoms with Gasteiger partial charge in [-0.2, -0.15) is 0 Å². The maximum absolute atomic E-state index is 5.85. The second-order valence-electron chi connectivity index (χ2n) is 4.57. The lowest BCUT2D eigenvalue weighted by atomic mass is 10.1. The molecule has 1 unspecified atom stereocenters. The summed E-state index contributed by atoms with van der Waals surface area (Å²) in [6.07, 6.45) is 6.80. The van der Waals surface area contributed by atoms with Gasteiger partial charge in [0.2, 0.25) is 7.59 Å². The number of hydrogen-bond donors (Lipinski definition) is 1. The smallest absolute Gasteiger partial charge is 0.248 e. The number of hydrogen-bond acceptors (Lipinski definition) is 5. The van der Waals surface area contributed by atoms with Crippen LogP contribution >= 0.6 is 69.6 Å². The maximum atomic E-state index is 5.85. The first kappa shape index (κ1) is 20.0. The van der Waals surface area contributed by atoms with Gasteiger partial charge in [0, 0.05) is 6.42 Å². The average Bonchev–Trinajstić information content (AvgIpc) is 2.51. The maximum Gasteiger partial charge on any atom is 0.248 e. The Bertz CT molecular complexity index is 611. The third-order valence-corrected chi connectivity index (χ3v) is 3.95. The largest absolute Gasteiger partial charge is 0.497 e. The minimum atomic E-state index is -1.84. The van der Waals surface area contributed by atoms with E-state index in [1.807, 2.05) is 0 Å². The second kappa shape index (κ2) is 7.94. The number of aliphatic imine (C=N–C) groups is 2. The molecule has 2 heterocycles. The third kappa shape index (κ3) is 5.35. The van der Waals surface area contributed by atoms with E-state index >= 15 is 0 Å². The lowest BCUT2D eigenvalue weighted by Gasteiger charge is -2.25. The first-order valence-electron chi connectivity index (χ1n) is 6.46. The SMILES string of the molecule is COC1=CC=COC1CC=C1N=C(C(Cl)(Cl)Cl)NC(C(Cl)(Cl)Cl)=N1. The predicted molar refractivity (Wildman–Crippen MR) is 100 cm³/mol. The number of amidine groups is 2. The molecule has 1 atom stereocenters. The standard InChI is InChI=1S/C13H11Cl6N3O2/c1-23-7-3-2-6-24-8(7)4-5-9-20-10(12(14,15)16)22-11(21-9)13(17,18)19/h2-3,5-6,8H,4H2,1H3,(H,20,21,22). The molecule has 132 valence electrons. The van der Waals surface area contributed by atoms with E-state index < -0.39 is 7.59 Å². The Morgan fingerprint density at radius 2 is 1.75 bits per heavy atom. The van der Waals surface area contributed by atoms with Gasteiger partial charge in [-0.3, -0.25) is 0 Å². The topological polar surface area (TPSA) is 55.2 Å². The van der Waals surface area contributed by atoms with Crippen LogP contribution in [0.4, 0.5) is 0 Å². The van der Waals surface area contributed by atoms with E-state index in [-0.39, 0.29) is 23.6 Å². The van der Waals surface area contributed by atoms with Gasteiger partial charge < -0.3 is 14.8 Å². The molecule has 24 heavy (non-hydrogen) atoms. The summed E-state index contributed by atoms with van der Waals surface area (Å²) in [6, 6.07) is 0. The lowest BCUT2D eigenvalue weighted by molar-refractivity contribution is 0.106. The van der Waals surface area contributed by atoms with E-state index in [1.165, 1.54) is 0 Å². The number of alkyl halides is 6. The zero-order valence-corrected chi connectivity index (χ0v) is 16.6. The van der Waals surface area contributed by atoms with Crippen LogP contribution in [0, 0.1) is 0 Å². The molecule has 0 amide bonds. The fourth-order valence-corrected chi connectivity index (χ4v) is 2.35. The molecule has 0 radical (unpaired) electrons. The Morgan fingerprint density at radius 1 is 1.17 bits per heavy atom. The van der Waals surface area contributed by atoms with E-state index in [1.54, 1.807) is 31.6 Å². The summed E-state index contributed by atoms with van der Waals surface area (Å²) in [5, 5.41) is 2.61. The normalized spacial score (nSPS) is 21.2. The lowest BCUT2D eigenvalue weighted by Crippen LogP contribution is -2.46. The number of rotatable bonds is 3. The van der Waals surface area contributed by atoms with E-state index in [0.29, 0.717) is 12.2 Å². The zero-order valence-electron chi connectivity index (χ0n) is 12.1. The summed E-state index contributed by atoms with van der Waals surface area (Å²) in [5.74, 6) is 0.813. The molecule has 0 aromatic carbocycles. The molecular formula is C13H11Cl6N3O2. The van der Waals surface area contributed by atoms with Crippen LogP contribution in [0.3, 0.4) is 0 Å². The highest BCUT2D eigenvalue weighted by Crippen LogP contribution is 2.33. The van der Waals surface area contributed by atoms with Gasteiger partial charge >= 0.3 is 0 Å². The third-order valence-electron chi connectivity index (χ3n) is 2.88. The summed E-state index contributed by atoms with van der Waals surface area (Å²) in [4.78, 5) is 8.25. The molecule has 2 aliphatic rings. The van der Waals surface area contributed by atoms with Crippen LogP contribution in [-0.2, 0) is 9.47 Å². The molecule has 0 aromatic heterocycles. The Kier molecular flexibility index (Phi) is 6.62. The monoisotopic (exact) mass is 451 g/mol. The van der Waals surface area contributed by atoms with Crippen molar-refractivity contribution >= 4 is 81.3 Å². The van der Waals surface area contributed by atoms with Crippen molar-refractivity contribution in [1.29, 1.82) is 0 Å². The van der Waals surface area contributed by atoms with E-state index in [2.05, 4.69) is 15.3 Å². The first-order chi connectivity index (χ1) is 11.1. The zero-order chi connectivity index (χ0) is 18.0. The number of ether oxygens (including phenoxy) is 2. The number of nitrogens with one attached hydrogen (secondary N) is 1. The van der Waals surface area contributed by atoms with Gasteiger partial charge in [-0.05, 0) is 18.2 Å². The first-order valence-corrected chi connectivity index (χ1v) is 8.73. The molecule has 0 fully saturated rings. The summed E-state index contributed by atoms with van der Waals surface area (Å²) >= 11 is 35.1. The molecule has 11 heteroatoms. The highest BCUT2D eigenvalue weighted by molar-refractivity contribution is 6.79. The number of methoxy groups -OCH3 is 1. The van der Waals surface area contributed by atoms with Gasteiger partial charge in [0.1, 0.15) is 5.76 Å². The quantitative estimate of drug-likeness (QED) is 0.624. The van der Waals surface area contributed by atoms with Gasteiger partial charge in [0.05, 0.1) is 13.4 Å². The van der Waals surface area contributed by atoms with E-state index in [0.717, 1.165) is 0 Å². The number of halogens is 6. The highest BCUT2D eigenvalue weighted by atomic mass is 35.6. The molecule has 2 rings (SSSR count). The minimum absolute atomic E-state index is 0.0259. The summed E-state index contributed by atoms with van der Waals surface area (Å²) in [7, 11) is 1.55. The molecular weight excluding hydrogens is 443 g/mol. The van der Waals surface area contributed by atoms with Gasteiger partial charge in [-0.1, -0.05) is 69.6 Å². The average molecular weight is 454 g/mol. The van der Waals surface area contributed by atoms with Crippen LogP contribution in [-0.4, -0.2) is 32.5 Å². The minimum Gasteiger partial charge on any atom is -0.497 e. The van der Waals surface area contributed by atoms with Crippen LogP contribution < -0.4 is 5.32 Å². The molecule has 0 bridgehead atoms. The van der Waals surface area contributed by atoms with Crippen LogP contribution in [0.1, 0.15) is 6.42 Å². The number of allylic oxidation sites excluding steroid dienone is 2. The summed E-state index contributed by atoms with van der Waals surface area (Å²) in [5.41, 5.74) is 0. The Morgan fingerprint density at radius 3 is 2.25 bits per heavy atom. The fraction of sp³-hybridized carbons (Fsp3) is 0.385.